The van der Waals surface area contributed by atoms with Gasteiger partial charge in [-0.2, -0.15) is 11.8 Å². The second-order valence-electron chi connectivity index (χ2n) is 6.03. The lowest BCUT2D eigenvalue weighted by Gasteiger charge is -2.22. The van der Waals surface area contributed by atoms with Crippen LogP contribution in [0.15, 0.2) is 24.3 Å². The standard InChI is InChI=1S/C16H24N2O3S2/c1-12(2)23(20,21)11-13-4-3-5-14(8-13)18-16(19)9-15-10-22-7-6-17-15/h3-5,8,12,15,17H,6-7,9-11H2,1-2H3,(H,18,19). The Bertz CT molecular complexity index is 638. The molecular weight excluding hydrogens is 332 g/mol. The van der Waals surface area contributed by atoms with Gasteiger partial charge in [-0.1, -0.05) is 12.1 Å². The van der Waals surface area contributed by atoms with Crippen LogP contribution >= 0.6 is 11.8 Å². The fourth-order valence-corrected chi connectivity index (χ4v) is 4.25. The van der Waals surface area contributed by atoms with Crippen molar-refractivity contribution in [1.29, 1.82) is 0 Å². The van der Waals surface area contributed by atoms with Gasteiger partial charge in [-0.05, 0) is 31.5 Å². The van der Waals surface area contributed by atoms with Crippen LogP contribution in [-0.2, 0) is 20.4 Å². The second kappa shape index (κ2) is 8.17. The molecule has 2 rings (SSSR count). The summed E-state index contributed by atoms with van der Waals surface area (Å²) in [6.07, 6.45) is 0.432. The predicted octanol–water partition coefficient (Wildman–Crippen LogP) is 2.04. The van der Waals surface area contributed by atoms with E-state index in [0.29, 0.717) is 17.7 Å². The Labute approximate surface area is 142 Å². The summed E-state index contributed by atoms with van der Waals surface area (Å²) >= 11 is 1.85. The fraction of sp³-hybridized carbons (Fsp3) is 0.562. The topological polar surface area (TPSA) is 75.3 Å². The maximum Gasteiger partial charge on any atom is 0.225 e. The average molecular weight is 357 g/mol. The Morgan fingerprint density at radius 1 is 1.43 bits per heavy atom. The van der Waals surface area contributed by atoms with Crippen LogP contribution < -0.4 is 10.6 Å². The molecular formula is C16H24N2O3S2. The largest absolute Gasteiger partial charge is 0.326 e. The number of carbonyl (C=O) groups excluding carboxylic acids is 1. The van der Waals surface area contributed by atoms with Crippen LogP contribution in [0.25, 0.3) is 0 Å². The lowest BCUT2D eigenvalue weighted by atomic mass is 10.2. The molecule has 0 aromatic heterocycles. The Morgan fingerprint density at radius 2 is 2.22 bits per heavy atom. The third kappa shape index (κ3) is 5.82. The molecule has 1 heterocycles. The highest BCUT2D eigenvalue weighted by Crippen LogP contribution is 2.17. The molecule has 23 heavy (non-hydrogen) atoms. The summed E-state index contributed by atoms with van der Waals surface area (Å²) in [5.41, 5.74) is 1.35. The quantitative estimate of drug-likeness (QED) is 0.816. The average Bonchev–Trinajstić information content (AvgIpc) is 2.47. The highest BCUT2D eigenvalue weighted by molar-refractivity contribution is 7.99. The summed E-state index contributed by atoms with van der Waals surface area (Å²) in [5.74, 6) is 1.98. The van der Waals surface area contributed by atoms with Gasteiger partial charge in [0.1, 0.15) is 0 Å². The first kappa shape index (κ1) is 18.3. The van der Waals surface area contributed by atoms with Crippen LogP contribution in [0.5, 0.6) is 0 Å². The predicted molar refractivity (Wildman–Crippen MR) is 96.6 cm³/mol. The van der Waals surface area contributed by atoms with E-state index in [-0.39, 0.29) is 17.7 Å². The van der Waals surface area contributed by atoms with Crippen LogP contribution in [0, 0.1) is 0 Å². The van der Waals surface area contributed by atoms with Gasteiger partial charge >= 0.3 is 0 Å². The number of rotatable bonds is 6. The van der Waals surface area contributed by atoms with Crippen molar-refractivity contribution in [3.05, 3.63) is 29.8 Å². The van der Waals surface area contributed by atoms with Crippen LogP contribution in [0.3, 0.4) is 0 Å². The minimum absolute atomic E-state index is 0.00476. The second-order valence-corrected chi connectivity index (χ2v) is 9.74. The van der Waals surface area contributed by atoms with E-state index in [1.807, 2.05) is 11.8 Å². The van der Waals surface area contributed by atoms with Gasteiger partial charge in [-0.15, -0.1) is 0 Å². The van der Waals surface area contributed by atoms with Crippen molar-refractivity contribution in [2.24, 2.45) is 0 Å². The third-order valence-electron chi connectivity index (χ3n) is 3.73. The van der Waals surface area contributed by atoms with Gasteiger partial charge < -0.3 is 10.6 Å². The van der Waals surface area contributed by atoms with E-state index in [1.165, 1.54) is 0 Å². The number of thioether (sulfide) groups is 1. The zero-order valence-electron chi connectivity index (χ0n) is 13.5. The molecule has 0 spiro atoms. The Balaban J connectivity index is 1.95. The van der Waals surface area contributed by atoms with E-state index in [9.17, 15) is 13.2 Å². The highest BCUT2D eigenvalue weighted by Gasteiger charge is 2.18. The number of anilines is 1. The van der Waals surface area contributed by atoms with Crippen molar-refractivity contribution in [2.45, 2.75) is 37.3 Å². The minimum atomic E-state index is -3.14. The van der Waals surface area contributed by atoms with Gasteiger partial charge in [-0.3, -0.25) is 4.79 Å². The summed E-state index contributed by atoms with van der Waals surface area (Å²) in [4.78, 5) is 12.1. The highest BCUT2D eigenvalue weighted by atomic mass is 32.2. The molecule has 128 valence electrons. The number of sulfone groups is 1. The van der Waals surface area contributed by atoms with Gasteiger partial charge in [-0.25, -0.2) is 8.42 Å². The zero-order chi connectivity index (χ0) is 16.9. The van der Waals surface area contributed by atoms with Crippen molar-refractivity contribution in [1.82, 2.24) is 5.32 Å². The number of nitrogens with one attached hydrogen (secondary N) is 2. The molecule has 0 bridgehead atoms. The van der Waals surface area contributed by atoms with Gasteiger partial charge in [0.15, 0.2) is 9.84 Å². The lowest BCUT2D eigenvalue weighted by Crippen LogP contribution is -2.39. The number of amides is 1. The van der Waals surface area contributed by atoms with E-state index in [2.05, 4.69) is 10.6 Å². The normalized spacial score (nSPS) is 18.8. The molecule has 7 heteroatoms. The molecule has 0 saturated carbocycles. The third-order valence-corrected chi connectivity index (χ3v) is 7.03. The van der Waals surface area contributed by atoms with Crippen LogP contribution in [0.2, 0.25) is 0 Å². The molecule has 1 unspecified atom stereocenters. The first-order valence-corrected chi connectivity index (χ1v) is 10.7. The smallest absolute Gasteiger partial charge is 0.225 e. The molecule has 1 aliphatic heterocycles. The number of carbonyl (C=O) groups is 1. The van der Waals surface area contributed by atoms with Crippen molar-refractivity contribution < 1.29 is 13.2 Å². The maximum atomic E-state index is 12.1. The fourth-order valence-electron chi connectivity index (χ4n) is 2.32. The van der Waals surface area contributed by atoms with Crippen molar-refractivity contribution in [3.8, 4) is 0 Å². The van der Waals surface area contributed by atoms with Crippen LogP contribution in [0.4, 0.5) is 5.69 Å². The van der Waals surface area contributed by atoms with Crippen molar-refractivity contribution in [2.75, 3.05) is 23.4 Å². The molecule has 1 atom stereocenters. The van der Waals surface area contributed by atoms with E-state index in [1.54, 1.807) is 38.1 Å². The molecule has 1 aromatic rings. The summed E-state index contributed by atoms with van der Waals surface area (Å²) in [7, 11) is -3.14. The Kier molecular flexibility index (Phi) is 6.50. The van der Waals surface area contributed by atoms with Gasteiger partial charge in [0.25, 0.3) is 0 Å². The maximum absolute atomic E-state index is 12.1. The van der Waals surface area contributed by atoms with Gasteiger partial charge in [0, 0.05) is 36.2 Å². The summed E-state index contributed by atoms with van der Waals surface area (Å²) < 4.78 is 24.0. The molecule has 2 N–H and O–H groups in total. The van der Waals surface area contributed by atoms with Crippen LogP contribution in [-0.4, -0.2) is 43.7 Å². The molecule has 5 nitrogen and oxygen atoms in total. The molecule has 1 fully saturated rings. The summed E-state index contributed by atoms with van der Waals surface area (Å²) in [6.45, 7) is 4.29. The summed E-state index contributed by atoms with van der Waals surface area (Å²) in [5, 5.41) is 5.78. The first-order chi connectivity index (χ1) is 10.9. The molecule has 0 radical (unpaired) electrons. The molecule has 1 amide bonds. The molecule has 1 aliphatic rings. The van der Waals surface area contributed by atoms with Crippen molar-refractivity contribution in [3.63, 3.8) is 0 Å². The Morgan fingerprint density at radius 3 is 2.87 bits per heavy atom. The lowest BCUT2D eigenvalue weighted by molar-refractivity contribution is -0.116. The minimum Gasteiger partial charge on any atom is -0.326 e. The number of benzene rings is 1. The van der Waals surface area contributed by atoms with E-state index >= 15 is 0 Å². The molecule has 1 saturated heterocycles. The molecule has 1 aromatic carbocycles. The number of hydrogen-bond acceptors (Lipinski definition) is 5. The van der Waals surface area contributed by atoms with E-state index < -0.39 is 15.1 Å². The van der Waals surface area contributed by atoms with Gasteiger partial charge in [0.05, 0.1) is 11.0 Å². The zero-order valence-corrected chi connectivity index (χ0v) is 15.2. The van der Waals surface area contributed by atoms with Gasteiger partial charge in [0.2, 0.25) is 5.91 Å². The van der Waals surface area contributed by atoms with E-state index in [0.717, 1.165) is 18.1 Å². The number of hydrogen-bond donors (Lipinski definition) is 2. The first-order valence-electron chi connectivity index (χ1n) is 7.78. The summed E-state index contributed by atoms with van der Waals surface area (Å²) in [6, 6.07) is 7.27. The SMILES string of the molecule is CC(C)S(=O)(=O)Cc1cccc(NC(=O)CC2CSCCN2)c1. The van der Waals surface area contributed by atoms with Crippen molar-refractivity contribution >= 4 is 33.2 Å². The van der Waals surface area contributed by atoms with E-state index in [4.69, 9.17) is 0 Å². The monoisotopic (exact) mass is 356 g/mol. The Hall–Kier alpha value is -1.05. The molecule has 0 aliphatic carbocycles. The van der Waals surface area contributed by atoms with Crippen LogP contribution in [0.1, 0.15) is 25.8 Å².